The number of rotatable bonds is 3. The molecule has 0 N–H and O–H groups in total. The highest BCUT2D eigenvalue weighted by molar-refractivity contribution is 7.26. The van der Waals surface area contributed by atoms with Crippen molar-refractivity contribution in [3.8, 4) is 55.6 Å². The van der Waals surface area contributed by atoms with Gasteiger partial charge in [-0.3, -0.25) is 0 Å². The van der Waals surface area contributed by atoms with E-state index in [2.05, 4.69) is 234 Å². The summed E-state index contributed by atoms with van der Waals surface area (Å²) in [7, 11) is 0. The molecule has 0 amide bonds. The molecule has 292 valence electrons. The van der Waals surface area contributed by atoms with Crippen molar-refractivity contribution in [2.45, 2.75) is 38.5 Å². The zero-order chi connectivity index (χ0) is 41.3. The Hall–Kier alpha value is -6.80. The summed E-state index contributed by atoms with van der Waals surface area (Å²) in [5.41, 5.74) is 18.1. The predicted octanol–water partition coefficient (Wildman–Crippen LogP) is 17.1. The van der Waals surface area contributed by atoms with Crippen LogP contribution in [0.1, 0.15) is 49.9 Å². The quantitative estimate of drug-likeness (QED) is 0.167. The molecule has 0 spiro atoms. The molecule has 0 unspecified atom stereocenters. The summed E-state index contributed by atoms with van der Waals surface area (Å²) in [5.74, 6) is 0. The molecule has 8 aromatic carbocycles. The fourth-order valence-electron chi connectivity index (χ4n) is 10.1. The van der Waals surface area contributed by atoms with E-state index in [1.165, 1.54) is 109 Å². The number of hydrogen-bond acceptors (Lipinski definition) is 1. The minimum Gasteiger partial charge on any atom is -0.135 e. The van der Waals surface area contributed by atoms with Gasteiger partial charge in [0.25, 0.3) is 0 Å². The standard InChI is InChI=1S/C60H46S/c1-59(2)52-35-34-50-48(32-33-49-47-24-16-17-25-56(47)61-58(49)50)57(52)51-31-28-44(38-55(51)59)43-27-30-46-45-29-26-42(36-53(45)60(3,4)54(46)37-43)41-22-12-7-5-10-18-39(19-11-6-8-13-23-41)40-20-14-9-15-21-40/h5-38H,1-4H3. The van der Waals surface area contributed by atoms with Gasteiger partial charge in [0.05, 0.1) is 0 Å². The average molecular weight is 799 g/mol. The smallest absolute Gasteiger partial charge is 0.0434 e. The predicted molar refractivity (Wildman–Crippen MR) is 264 cm³/mol. The van der Waals surface area contributed by atoms with Gasteiger partial charge in [-0.1, -0.05) is 210 Å². The molecule has 0 radical (unpaired) electrons. The molecular weight excluding hydrogens is 753 g/mol. The molecule has 0 atom stereocenters. The topological polar surface area (TPSA) is 0 Å². The fourth-order valence-corrected chi connectivity index (χ4v) is 11.4. The van der Waals surface area contributed by atoms with Crippen molar-refractivity contribution < 1.29 is 0 Å². The van der Waals surface area contributed by atoms with Crippen molar-refractivity contribution in [1.82, 2.24) is 0 Å². The first kappa shape index (κ1) is 37.2. The first-order valence-electron chi connectivity index (χ1n) is 21.4. The summed E-state index contributed by atoms with van der Waals surface area (Å²) in [6.45, 7) is 9.58. The number of fused-ring (bicyclic) bond motifs is 12. The van der Waals surface area contributed by atoms with Crippen LogP contribution in [-0.2, 0) is 10.8 Å². The van der Waals surface area contributed by atoms with Crippen molar-refractivity contribution in [3.63, 3.8) is 0 Å². The molecule has 0 saturated carbocycles. The molecule has 1 heteroatoms. The van der Waals surface area contributed by atoms with Crippen LogP contribution in [0.5, 0.6) is 0 Å². The molecule has 2 aliphatic rings. The van der Waals surface area contributed by atoms with Gasteiger partial charge in [0.1, 0.15) is 0 Å². The van der Waals surface area contributed by atoms with Crippen molar-refractivity contribution in [2.75, 3.05) is 0 Å². The highest BCUT2D eigenvalue weighted by Gasteiger charge is 2.38. The Kier molecular flexibility index (Phi) is 8.81. The van der Waals surface area contributed by atoms with E-state index >= 15 is 0 Å². The third-order valence-electron chi connectivity index (χ3n) is 13.4. The van der Waals surface area contributed by atoms with Gasteiger partial charge in [0.15, 0.2) is 0 Å². The first-order chi connectivity index (χ1) is 29.8. The van der Waals surface area contributed by atoms with E-state index in [-0.39, 0.29) is 10.8 Å². The van der Waals surface area contributed by atoms with Crippen LogP contribution in [-0.4, -0.2) is 0 Å². The summed E-state index contributed by atoms with van der Waals surface area (Å²) in [4.78, 5) is 0. The molecule has 0 fully saturated rings. The van der Waals surface area contributed by atoms with Gasteiger partial charge in [-0.05, 0) is 108 Å². The van der Waals surface area contributed by atoms with E-state index in [1.54, 1.807) is 0 Å². The Bertz CT molecular complexity index is 3320. The molecule has 1 heterocycles. The lowest BCUT2D eigenvalue weighted by atomic mass is 9.80. The fraction of sp³-hybridized carbons (Fsp3) is 0.100. The monoisotopic (exact) mass is 798 g/mol. The molecule has 2 aliphatic carbocycles. The van der Waals surface area contributed by atoms with E-state index in [9.17, 15) is 0 Å². The molecule has 0 nitrogen and oxygen atoms in total. The number of benzene rings is 7. The minimum absolute atomic E-state index is 0.108. The van der Waals surface area contributed by atoms with Gasteiger partial charge >= 0.3 is 0 Å². The molecule has 61 heavy (non-hydrogen) atoms. The SMILES string of the molecule is CC1(C)c2cc(-c3ccccccc(-c4ccccc4)cccccc3)ccc2-c2ccc(-c3ccc4c(c3)C(C)(C)c3ccc5c(ccc6c7ccccc7sc56)c3-4)cc21. The zero-order valence-electron chi connectivity index (χ0n) is 35.0. The Morgan fingerprint density at radius 1 is 0.295 bits per heavy atom. The molecule has 0 saturated heterocycles. The van der Waals surface area contributed by atoms with E-state index in [1.807, 2.05) is 11.3 Å². The van der Waals surface area contributed by atoms with Crippen LogP contribution in [0.2, 0.25) is 0 Å². The van der Waals surface area contributed by atoms with Crippen LogP contribution in [0.15, 0.2) is 206 Å². The highest BCUT2D eigenvalue weighted by atomic mass is 32.1. The largest absolute Gasteiger partial charge is 0.135 e. The van der Waals surface area contributed by atoms with Gasteiger partial charge in [0, 0.05) is 36.4 Å². The lowest BCUT2D eigenvalue weighted by molar-refractivity contribution is 0.660. The third-order valence-corrected chi connectivity index (χ3v) is 14.6. The third kappa shape index (κ3) is 6.10. The van der Waals surface area contributed by atoms with Crippen molar-refractivity contribution in [3.05, 3.63) is 229 Å². The second kappa shape index (κ2) is 14.4. The molecule has 1 aromatic heterocycles. The maximum Gasteiger partial charge on any atom is 0.0434 e. The molecule has 0 bridgehead atoms. The Morgan fingerprint density at radius 3 is 1.26 bits per heavy atom. The van der Waals surface area contributed by atoms with E-state index in [4.69, 9.17) is 0 Å². The molecule has 9 aromatic rings. The average Bonchev–Trinajstić information content (AvgIpc) is 3.86. The van der Waals surface area contributed by atoms with Gasteiger partial charge in [0.2, 0.25) is 0 Å². The second-order valence-electron chi connectivity index (χ2n) is 17.6. The van der Waals surface area contributed by atoms with E-state index < -0.39 is 0 Å². The summed E-state index contributed by atoms with van der Waals surface area (Å²) < 4.78 is 2.74. The van der Waals surface area contributed by atoms with Crippen LogP contribution >= 0.6 is 11.3 Å². The van der Waals surface area contributed by atoms with E-state index in [0.717, 1.165) is 0 Å². The minimum atomic E-state index is -0.155. The van der Waals surface area contributed by atoms with Crippen LogP contribution in [0, 0.1) is 0 Å². The summed E-state index contributed by atoms with van der Waals surface area (Å²) in [6.07, 6.45) is 0. The number of hydrogen-bond donors (Lipinski definition) is 0. The second-order valence-corrected chi connectivity index (χ2v) is 18.7. The van der Waals surface area contributed by atoms with Gasteiger partial charge in [-0.15, -0.1) is 11.3 Å². The van der Waals surface area contributed by atoms with Gasteiger partial charge in [-0.2, -0.15) is 0 Å². The van der Waals surface area contributed by atoms with Crippen LogP contribution in [0.4, 0.5) is 0 Å². The lowest BCUT2D eigenvalue weighted by Gasteiger charge is -2.23. The Morgan fingerprint density at radius 2 is 0.689 bits per heavy atom. The van der Waals surface area contributed by atoms with Gasteiger partial charge < -0.3 is 0 Å². The number of thiophene rings is 1. The van der Waals surface area contributed by atoms with E-state index in [0.29, 0.717) is 0 Å². The van der Waals surface area contributed by atoms with Crippen molar-refractivity contribution >= 4 is 42.3 Å². The molecular formula is C60H46S. The summed E-state index contributed by atoms with van der Waals surface area (Å²) in [6, 6.07) is 75.9. The lowest BCUT2D eigenvalue weighted by Crippen LogP contribution is -2.15. The molecule has 11 rings (SSSR count). The first-order valence-corrected chi connectivity index (χ1v) is 22.2. The van der Waals surface area contributed by atoms with Crippen LogP contribution in [0.25, 0.3) is 86.6 Å². The Balaban J connectivity index is 0.933. The maximum atomic E-state index is 2.48. The van der Waals surface area contributed by atoms with Crippen molar-refractivity contribution in [1.29, 1.82) is 0 Å². The van der Waals surface area contributed by atoms with Crippen molar-refractivity contribution in [2.24, 2.45) is 0 Å². The van der Waals surface area contributed by atoms with Crippen LogP contribution < -0.4 is 0 Å². The molecule has 0 aliphatic heterocycles. The highest BCUT2D eigenvalue weighted by Crippen LogP contribution is 2.55. The summed E-state index contributed by atoms with van der Waals surface area (Å²) >= 11 is 1.92. The summed E-state index contributed by atoms with van der Waals surface area (Å²) in [5, 5.41) is 5.43. The Labute approximate surface area is 363 Å². The zero-order valence-corrected chi connectivity index (χ0v) is 35.9. The maximum absolute atomic E-state index is 2.48. The van der Waals surface area contributed by atoms with Crippen LogP contribution in [0.3, 0.4) is 0 Å². The normalized spacial score (nSPS) is 13.8. The van der Waals surface area contributed by atoms with Gasteiger partial charge in [-0.25, -0.2) is 0 Å².